The Kier molecular flexibility index (Phi) is 2.20. The third-order valence-corrected chi connectivity index (χ3v) is 3.79. The van der Waals surface area contributed by atoms with Gasteiger partial charge in [0.25, 0.3) is 0 Å². The van der Waals surface area contributed by atoms with Gasteiger partial charge in [0.15, 0.2) is 0 Å². The number of hydrogen-bond donors (Lipinski definition) is 1. The Morgan fingerprint density at radius 3 is 2.80 bits per heavy atom. The van der Waals surface area contributed by atoms with Crippen LogP contribution in [0.2, 0.25) is 0 Å². The van der Waals surface area contributed by atoms with Gasteiger partial charge in [-0.15, -0.1) is 10.2 Å². The van der Waals surface area contributed by atoms with Gasteiger partial charge in [-0.25, -0.2) is 0 Å². The van der Waals surface area contributed by atoms with Gasteiger partial charge in [0.1, 0.15) is 5.01 Å². The summed E-state index contributed by atoms with van der Waals surface area (Å²) in [6.45, 7) is 0. The van der Waals surface area contributed by atoms with Gasteiger partial charge < -0.3 is 5.32 Å². The second-order valence-corrected chi connectivity index (χ2v) is 5.42. The van der Waals surface area contributed by atoms with Crippen LogP contribution in [0.4, 0.5) is 5.13 Å². The summed E-state index contributed by atoms with van der Waals surface area (Å²) in [6.07, 6.45) is 5.52. The normalized spacial score (nSPS) is 20.3. The largest absolute Gasteiger partial charge is 0.301 e. The Morgan fingerprint density at radius 1 is 1.33 bits per heavy atom. The summed E-state index contributed by atoms with van der Waals surface area (Å²) < 4.78 is 0. The lowest BCUT2D eigenvalue weighted by molar-refractivity contribution is -0.116. The van der Waals surface area contributed by atoms with Crippen LogP contribution in [-0.4, -0.2) is 16.1 Å². The van der Waals surface area contributed by atoms with Gasteiger partial charge in [-0.05, 0) is 31.6 Å². The molecule has 0 saturated heterocycles. The Morgan fingerprint density at radius 2 is 2.13 bits per heavy atom. The Labute approximate surface area is 92.1 Å². The third-order valence-electron chi connectivity index (χ3n) is 2.78. The van der Waals surface area contributed by atoms with Crippen LogP contribution < -0.4 is 5.32 Å². The van der Waals surface area contributed by atoms with Crippen LogP contribution in [0.1, 0.15) is 43.0 Å². The molecule has 0 atom stereocenters. The van der Waals surface area contributed by atoms with Gasteiger partial charge in [-0.2, -0.15) is 0 Å². The molecule has 0 aliphatic heterocycles. The maximum atomic E-state index is 11.5. The molecule has 1 aromatic rings. The molecule has 0 unspecified atom stereocenters. The molecule has 15 heavy (non-hydrogen) atoms. The van der Waals surface area contributed by atoms with E-state index in [0.29, 0.717) is 23.4 Å². The van der Waals surface area contributed by atoms with E-state index in [2.05, 4.69) is 15.5 Å². The highest BCUT2D eigenvalue weighted by Crippen LogP contribution is 2.42. The van der Waals surface area contributed by atoms with E-state index in [0.717, 1.165) is 5.01 Å². The van der Waals surface area contributed by atoms with E-state index in [1.807, 2.05) is 0 Å². The van der Waals surface area contributed by atoms with Crippen molar-refractivity contribution in [1.82, 2.24) is 10.2 Å². The summed E-state index contributed by atoms with van der Waals surface area (Å²) in [6, 6.07) is 0. The molecule has 2 saturated carbocycles. The number of carbonyl (C=O) groups excluding carboxylic acids is 1. The van der Waals surface area contributed by atoms with E-state index in [1.165, 1.54) is 37.0 Å². The average molecular weight is 223 g/mol. The van der Waals surface area contributed by atoms with Crippen molar-refractivity contribution in [3.63, 3.8) is 0 Å². The molecule has 0 radical (unpaired) electrons. The molecule has 80 valence electrons. The summed E-state index contributed by atoms with van der Waals surface area (Å²) >= 11 is 1.53. The predicted molar refractivity (Wildman–Crippen MR) is 57.9 cm³/mol. The van der Waals surface area contributed by atoms with Gasteiger partial charge in [0.2, 0.25) is 11.0 Å². The zero-order valence-electron chi connectivity index (χ0n) is 8.40. The Hall–Kier alpha value is -0.970. The summed E-state index contributed by atoms with van der Waals surface area (Å²) in [5.41, 5.74) is 0. The van der Waals surface area contributed by atoms with Crippen LogP contribution in [0.5, 0.6) is 0 Å². The quantitative estimate of drug-likeness (QED) is 0.851. The van der Waals surface area contributed by atoms with Crippen molar-refractivity contribution in [3.05, 3.63) is 5.01 Å². The smallest absolute Gasteiger partial charge is 0.226 e. The Bertz CT molecular complexity index is 382. The number of amides is 1. The minimum Gasteiger partial charge on any atom is -0.301 e. The summed E-state index contributed by atoms with van der Waals surface area (Å²) in [7, 11) is 0. The predicted octanol–water partition coefficient (Wildman–Crippen LogP) is 2.15. The van der Waals surface area contributed by atoms with Crippen molar-refractivity contribution >= 4 is 22.4 Å². The molecule has 4 nitrogen and oxygen atoms in total. The van der Waals surface area contributed by atoms with Crippen molar-refractivity contribution in [1.29, 1.82) is 0 Å². The highest BCUT2D eigenvalue weighted by Gasteiger charge is 2.28. The third kappa shape index (κ3) is 2.34. The number of nitrogens with zero attached hydrogens (tertiary/aromatic N) is 2. The molecule has 2 aliphatic carbocycles. The lowest BCUT2D eigenvalue weighted by atomic mass is 10.3. The molecule has 1 amide bonds. The van der Waals surface area contributed by atoms with Gasteiger partial charge in [-0.3, -0.25) is 4.79 Å². The molecule has 0 spiro atoms. The molecule has 1 aromatic heterocycles. The molecule has 3 rings (SSSR count). The molecule has 2 aliphatic rings. The summed E-state index contributed by atoms with van der Waals surface area (Å²) in [5.74, 6) is 1.34. The fraction of sp³-hybridized carbons (Fsp3) is 0.700. The topological polar surface area (TPSA) is 54.9 Å². The number of hydrogen-bond acceptors (Lipinski definition) is 4. The van der Waals surface area contributed by atoms with E-state index in [-0.39, 0.29) is 5.91 Å². The van der Waals surface area contributed by atoms with Gasteiger partial charge in [-0.1, -0.05) is 11.3 Å². The number of rotatable bonds is 4. The van der Waals surface area contributed by atoms with Crippen molar-refractivity contribution in [2.75, 3.05) is 5.32 Å². The van der Waals surface area contributed by atoms with Crippen molar-refractivity contribution < 1.29 is 4.79 Å². The Balaban J connectivity index is 1.57. The monoisotopic (exact) mass is 223 g/mol. The average Bonchev–Trinajstić information content (AvgIpc) is 3.09. The first-order chi connectivity index (χ1) is 7.31. The standard InChI is InChI=1S/C10H13N3OS/c14-8(5-6-1-2-6)11-10-13-12-9(15-10)7-3-4-7/h6-7H,1-5H2,(H,11,13,14). The number of carbonyl (C=O) groups is 1. The number of nitrogens with one attached hydrogen (secondary N) is 1. The molecular formula is C10H13N3OS. The summed E-state index contributed by atoms with van der Waals surface area (Å²) in [5, 5.41) is 12.6. The van der Waals surface area contributed by atoms with E-state index >= 15 is 0 Å². The van der Waals surface area contributed by atoms with E-state index < -0.39 is 0 Å². The van der Waals surface area contributed by atoms with Crippen LogP contribution >= 0.6 is 11.3 Å². The lowest BCUT2D eigenvalue weighted by Crippen LogP contribution is -2.11. The van der Waals surface area contributed by atoms with Crippen LogP contribution in [0.3, 0.4) is 0 Å². The van der Waals surface area contributed by atoms with Crippen LogP contribution in [-0.2, 0) is 4.79 Å². The molecule has 0 bridgehead atoms. The number of anilines is 1. The highest BCUT2D eigenvalue weighted by atomic mass is 32.1. The molecule has 0 aromatic carbocycles. The van der Waals surface area contributed by atoms with Gasteiger partial charge in [0, 0.05) is 12.3 Å². The maximum absolute atomic E-state index is 11.5. The minimum absolute atomic E-state index is 0.0935. The van der Waals surface area contributed by atoms with Gasteiger partial charge >= 0.3 is 0 Å². The maximum Gasteiger partial charge on any atom is 0.226 e. The van der Waals surface area contributed by atoms with E-state index in [1.54, 1.807) is 0 Å². The van der Waals surface area contributed by atoms with Gasteiger partial charge in [0.05, 0.1) is 0 Å². The fourth-order valence-corrected chi connectivity index (χ4v) is 2.46. The second kappa shape index (κ2) is 3.56. The molecule has 2 fully saturated rings. The first-order valence-electron chi connectivity index (χ1n) is 5.44. The first kappa shape index (κ1) is 9.27. The molecule has 1 heterocycles. The lowest BCUT2D eigenvalue weighted by Gasteiger charge is -1.97. The minimum atomic E-state index is 0.0935. The second-order valence-electron chi connectivity index (χ2n) is 4.42. The van der Waals surface area contributed by atoms with E-state index in [4.69, 9.17) is 0 Å². The summed E-state index contributed by atoms with van der Waals surface area (Å²) in [4.78, 5) is 11.5. The van der Waals surface area contributed by atoms with Crippen LogP contribution in [0, 0.1) is 5.92 Å². The van der Waals surface area contributed by atoms with Crippen LogP contribution in [0.15, 0.2) is 0 Å². The van der Waals surface area contributed by atoms with E-state index in [9.17, 15) is 4.79 Å². The van der Waals surface area contributed by atoms with Crippen molar-refractivity contribution in [2.45, 2.75) is 38.0 Å². The van der Waals surface area contributed by atoms with Crippen LogP contribution in [0.25, 0.3) is 0 Å². The molecule has 1 N–H and O–H groups in total. The fourth-order valence-electron chi connectivity index (χ4n) is 1.53. The first-order valence-corrected chi connectivity index (χ1v) is 6.26. The molecular weight excluding hydrogens is 210 g/mol. The zero-order valence-corrected chi connectivity index (χ0v) is 9.22. The SMILES string of the molecule is O=C(CC1CC1)Nc1nnc(C2CC2)s1. The van der Waals surface area contributed by atoms with Crippen molar-refractivity contribution in [3.8, 4) is 0 Å². The molecule has 5 heteroatoms. The number of aromatic nitrogens is 2. The van der Waals surface area contributed by atoms with Crippen molar-refractivity contribution in [2.24, 2.45) is 5.92 Å². The zero-order chi connectivity index (χ0) is 10.3. The highest BCUT2D eigenvalue weighted by molar-refractivity contribution is 7.15.